The van der Waals surface area contributed by atoms with Crippen molar-refractivity contribution in [3.8, 4) is 11.1 Å². The monoisotopic (exact) mass is 270 g/mol. The Balaban J connectivity index is 2.22. The molecule has 3 heteroatoms. The van der Waals surface area contributed by atoms with Gasteiger partial charge < -0.3 is 10.2 Å². The van der Waals surface area contributed by atoms with Crippen LogP contribution in [0.5, 0.6) is 0 Å². The summed E-state index contributed by atoms with van der Waals surface area (Å²) in [6.07, 6.45) is -0.570. The first kappa shape index (κ1) is 14.3. The lowest BCUT2D eigenvalue weighted by molar-refractivity contribution is -0.146. The molecular formula is C17H18O3. The number of benzene rings is 2. The third-order valence-corrected chi connectivity index (χ3v) is 3.50. The van der Waals surface area contributed by atoms with Crippen LogP contribution >= 0.6 is 0 Å². The molecule has 0 aliphatic heterocycles. The zero-order valence-corrected chi connectivity index (χ0v) is 11.4. The SMILES string of the molecule is CCC(C(=O)O)C(O)c1ccc(-c2ccccc2)cc1. The number of rotatable bonds is 5. The van der Waals surface area contributed by atoms with Crippen LogP contribution in [0.25, 0.3) is 11.1 Å². The summed E-state index contributed by atoms with van der Waals surface area (Å²) < 4.78 is 0. The minimum atomic E-state index is -0.970. The van der Waals surface area contributed by atoms with E-state index in [0.29, 0.717) is 12.0 Å². The van der Waals surface area contributed by atoms with Gasteiger partial charge in [0.1, 0.15) is 0 Å². The Kier molecular flexibility index (Phi) is 4.53. The Labute approximate surface area is 118 Å². The van der Waals surface area contributed by atoms with Gasteiger partial charge in [-0.25, -0.2) is 0 Å². The summed E-state index contributed by atoms with van der Waals surface area (Å²) in [5, 5.41) is 19.2. The van der Waals surface area contributed by atoms with Crippen molar-refractivity contribution in [3.63, 3.8) is 0 Å². The van der Waals surface area contributed by atoms with Crippen molar-refractivity contribution < 1.29 is 15.0 Å². The molecule has 0 saturated heterocycles. The minimum Gasteiger partial charge on any atom is -0.481 e. The number of hydrogen-bond donors (Lipinski definition) is 2. The zero-order chi connectivity index (χ0) is 14.5. The van der Waals surface area contributed by atoms with Crippen molar-refractivity contribution in [2.45, 2.75) is 19.4 Å². The van der Waals surface area contributed by atoms with Crippen LogP contribution in [0.4, 0.5) is 0 Å². The molecule has 0 aliphatic rings. The maximum absolute atomic E-state index is 11.1. The van der Waals surface area contributed by atoms with Crippen molar-refractivity contribution >= 4 is 5.97 Å². The number of hydrogen-bond acceptors (Lipinski definition) is 2. The predicted octanol–water partition coefficient (Wildman–Crippen LogP) is 3.50. The molecule has 2 N–H and O–H groups in total. The molecule has 0 saturated carbocycles. The van der Waals surface area contributed by atoms with E-state index in [-0.39, 0.29) is 0 Å². The first-order valence-corrected chi connectivity index (χ1v) is 6.69. The summed E-state index contributed by atoms with van der Waals surface area (Å²) in [5.74, 6) is -1.73. The van der Waals surface area contributed by atoms with Gasteiger partial charge in [0.15, 0.2) is 0 Å². The van der Waals surface area contributed by atoms with Gasteiger partial charge in [0.2, 0.25) is 0 Å². The van der Waals surface area contributed by atoms with Crippen LogP contribution in [0.15, 0.2) is 54.6 Å². The third-order valence-electron chi connectivity index (χ3n) is 3.50. The van der Waals surface area contributed by atoms with Gasteiger partial charge in [-0.3, -0.25) is 4.79 Å². The lowest BCUT2D eigenvalue weighted by atomic mass is 9.92. The van der Waals surface area contributed by atoms with Crippen molar-refractivity contribution in [2.75, 3.05) is 0 Å². The lowest BCUT2D eigenvalue weighted by Gasteiger charge is -2.18. The summed E-state index contributed by atoms with van der Waals surface area (Å²) in [6, 6.07) is 17.3. The molecule has 20 heavy (non-hydrogen) atoms. The normalized spacial score (nSPS) is 13.7. The molecule has 0 radical (unpaired) electrons. The van der Waals surface area contributed by atoms with Crippen molar-refractivity contribution in [1.29, 1.82) is 0 Å². The van der Waals surface area contributed by atoms with E-state index in [4.69, 9.17) is 5.11 Å². The van der Waals surface area contributed by atoms with Crippen LogP contribution in [0, 0.1) is 5.92 Å². The summed E-state index contributed by atoms with van der Waals surface area (Å²) in [4.78, 5) is 11.1. The van der Waals surface area contributed by atoms with E-state index < -0.39 is 18.0 Å². The van der Waals surface area contributed by atoms with E-state index in [9.17, 15) is 9.90 Å². The van der Waals surface area contributed by atoms with E-state index in [0.717, 1.165) is 11.1 Å². The van der Waals surface area contributed by atoms with Gasteiger partial charge in [-0.05, 0) is 23.1 Å². The number of carboxylic acid groups (broad SMARTS) is 1. The second kappa shape index (κ2) is 6.35. The Morgan fingerprint density at radius 2 is 1.55 bits per heavy atom. The Hall–Kier alpha value is -2.13. The predicted molar refractivity (Wildman–Crippen MR) is 78.3 cm³/mol. The fraction of sp³-hybridized carbons (Fsp3) is 0.235. The van der Waals surface area contributed by atoms with Crippen molar-refractivity contribution in [3.05, 3.63) is 60.2 Å². The van der Waals surface area contributed by atoms with Crippen LogP contribution in [0.2, 0.25) is 0 Å². The molecular weight excluding hydrogens is 252 g/mol. The lowest BCUT2D eigenvalue weighted by Crippen LogP contribution is -2.21. The second-order valence-electron chi connectivity index (χ2n) is 4.79. The number of carbonyl (C=O) groups is 1. The van der Waals surface area contributed by atoms with Crippen LogP contribution in [0.1, 0.15) is 25.0 Å². The highest BCUT2D eigenvalue weighted by Crippen LogP contribution is 2.27. The van der Waals surface area contributed by atoms with Crippen molar-refractivity contribution in [2.24, 2.45) is 5.92 Å². The molecule has 0 aliphatic carbocycles. The molecule has 0 spiro atoms. The van der Waals surface area contributed by atoms with Crippen LogP contribution < -0.4 is 0 Å². The Bertz CT molecular complexity index is 561. The summed E-state index contributed by atoms with van der Waals surface area (Å²) in [7, 11) is 0. The topological polar surface area (TPSA) is 57.5 Å². The average Bonchev–Trinajstić information content (AvgIpc) is 2.48. The first-order valence-electron chi connectivity index (χ1n) is 6.69. The third kappa shape index (κ3) is 3.06. The van der Waals surface area contributed by atoms with Crippen LogP contribution in [-0.4, -0.2) is 16.2 Å². The zero-order valence-electron chi connectivity index (χ0n) is 11.4. The molecule has 2 aromatic carbocycles. The summed E-state index contributed by atoms with van der Waals surface area (Å²) in [6.45, 7) is 1.76. The number of aliphatic hydroxyl groups excluding tert-OH is 1. The molecule has 2 aromatic rings. The first-order chi connectivity index (χ1) is 9.63. The average molecular weight is 270 g/mol. The number of aliphatic carboxylic acids is 1. The Morgan fingerprint density at radius 1 is 1.00 bits per heavy atom. The van der Waals surface area contributed by atoms with Gasteiger partial charge in [-0.1, -0.05) is 61.5 Å². The van der Waals surface area contributed by atoms with Gasteiger partial charge in [-0.15, -0.1) is 0 Å². The van der Waals surface area contributed by atoms with Gasteiger partial charge in [0.05, 0.1) is 12.0 Å². The standard InChI is InChI=1S/C17H18O3/c1-2-15(17(19)20)16(18)14-10-8-13(9-11-14)12-6-4-3-5-7-12/h3-11,15-16,18H,2H2,1H3,(H,19,20). The molecule has 0 heterocycles. The van der Waals surface area contributed by atoms with Gasteiger partial charge >= 0.3 is 5.97 Å². The molecule has 2 atom stereocenters. The molecule has 0 aromatic heterocycles. The maximum atomic E-state index is 11.1. The summed E-state index contributed by atoms with van der Waals surface area (Å²) >= 11 is 0. The van der Waals surface area contributed by atoms with E-state index in [1.54, 1.807) is 19.1 Å². The fourth-order valence-electron chi connectivity index (χ4n) is 2.27. The molecule has 0 amide bonds. The summed E-state index contributed by atoms with van der Waals surface area (Å²) in [5.41, 5.74) is 2.78. The molecule has 0 fully saturated rings. The van der Waals surface area contributed by atoms with Gasteiger partial charge in [0.25, 0.3) is 0 Å². The van der Waals surface area contributed by atoms with Crippen LogP contribution in [-0.2, 0) is 4.79 Å². The highest BCUT2D eigenvalue weighted by molar-refractivity contribution is 5.71. The Morgan fingerprint density at radius 3 is 2.05 bits per heavy atom. The van der Waals surface area contributed by atoms with E-state index in [1.807, 2.05) is 42.5 Å². The highest BCUT2D eigenvalue weighted by Gasteiger charge is 2.25. The molecule has 2 unspecified atom stereocenters. The van der Waals surface area contributed by atoms with E-state index in [2.05, 4.69) is 0 Å². The molecule has 104 valence electrons. The quantitative estimate of drug-likeness (QED) is 0.874. The number of aliphatic hydroxyl groups is 1. The molecule has 2 rings (SSSR count). The smallest absolute Gasteiger partial charge is 0.309 e. The second-order valence-corrected chi connectivity index (χ2v) is 4.79. The van der Waals surface area contributed by atoms with E-state index >= 15 is 0 Å². The maximum Gasteiger partial charge on any atom is 0.309 e. The van der Waals surface area contributed by atoms with E-state index in [1.165, 1.54) is 0 Å². The minimum absolute atomic E-state index is 0.400. The fourth-order valence-corrected chi connectivity index (χ4v) is 2.27. The largest absolute Gasteiger partial charge is 0.481 e. The van der Waals surface area contributed by atoms with Crippen LogP contribution in [0.3, 0.4) is 0 Å². The van der Waals surface area contributed by atoms with Gasteiger partial charge in [-0.2, -0.15) is 0 Å². The van der Waals surface area contributed by atoms with Gasteiger partial charge in [0, 0.05) is 0 Å². The van der Waals surface area contributed by atoms with Crippen molar-refractivity contribution in [1.82, 2.24) is 0 Å². The number of carboxylic acids is 1. The molecule has 3 nitrogen and oxygen atoms in total. The molecule has 0 bridgehead atoms. The highest BCUT2D eigenvalue weighted by atomic mass is 16.4.